The third-order valence-electron chi connectivity index (χ3n) is 5.52. The van der Waals surface area contributed by atoms with Gasteiger partial charge in [0, 0.05) is 61.1 Å². The monoisotopic (exact) mass is 511 g/mol. The first-order chi connectivity index (χ1) is 13.5. The fourth-order valence-corrected chi connectivity index (χ4v) is 4.99. The third kappa shape index (κ3) is 5.10. The zero-order chi connectivity index (χ0) is 19.7. The fraction of sp³-hybridized carbons (Fsp3) is 0.579. The Bertz CT molecular complexity index is 855. The van der Waals surface area contributed by atoms with Crippen molar-refractivity contribution in [3.63, 3.8) is 0 Å². The Labute approximate surface area is 204 Å². The van der Waals surface area contributed by atoms with Crippen molar-refractivity contribution in [2.45, 2.75) is 37.8 Å². The number of ether oxygens (including phenoxy) is 1. The van der Waals surface area contributed by atoms with Crippen LogP contribution in [0.1, 0.15) is 26.2 Å². The minimum atomic E-state index is -0.828. The predicted octanol–water partition coefficient (Wildman–Crippen LogP) is 3.48. The number of rotatable bonds is 8. The molecular formula is C19H25ClN5O2SY-. The summed E-state index contributed by atoms with van der Waals surface area (Å²) in [5, 5.41) is 11.1. The molecule has 0 spiro atoms. The Hall–Kier alpha value is -0.376. The molecule has 5 rings (SSSR count). The van der Waals surface area contributed by atoms with E-state index in [0.29, 0.717) is 41.6 Å². The van der Waals surface area contributed by atoms with Gasteiger partial charge in [0.25, 0.3) is 0 Å². The van der Waals surface area contributed by atoms with Gasteiger partial charge in [-0.05, 0) is 43.4 Å². The summed E-state index contributed by atoms with van der Waals surface area (Å²) in [4.78, 5) is 1.50. The van der Waals surface area contributed by atoms with Crippen molar-refractivity contribution in [2.75, 3.05) is 25.2 Å². The molecule has 2 bridgehead atoms. The maximum atomic E-state index is 11.3. The molecule has 4 atom stereocenters. The molecule has 2 saturated heterocycles. The Morgan fingerprint density at radius 3 is 2.83 bits per heavy atom. The largest absolute Gasteiger partial charge is 0.619 e. The van der Waals surface area contributed by atoms with Gasteiger partial charge in [-0.1, -0.05) is 24.6 Å². The van der Waals surface area contributed by atoms with Crippen molar-refractivity contribution in [3.05, 3.63) is 41.0 Å². The first-order valence-corrected chi connectivity index (χ1v) is 11.6. The Morgan fingerprint density at radius 1 is 1.34 bits per heavy atom. The molecule has 3 aliphatic rings. The van der Waals surface area contributed by atoms with Gasteiger partial charge in [0.15, 0.2) is 0 Å². The van der Waals surface area contributed by atoms with Crippen molar-refractivity contribution in [1.29, 1.82) is 0 Å². The van der Waals surface area contributed by atoms with E-state index in [9.17, 15) is 4.21 Å². The maximum absolute atomic E-state index is 11.3. The molecule has 10 heteroatoms. The van der Waals surface area contributed by atoms with Crippen molar-refractivity contribution < 1.29 is 41.7 Å². The summed E-state index contributed by atoms with van der Waals surface area (Å²) >= 11 is 6.32. The Balaban J connectivity index is 0.00000240. The van der Waals surface area contributed by atoms with Gasteiger partial charge in [-0.25, -0.2) is 0 Å². The van der Waals surface area contributed by atoms with Crippen LogP contribution in [0, 0.1) is 5.92 Å². The van der Waals surface area contributed by atoms with Crippen LogP contribution in [0.4, 0.5) is 5.69 Å². The van der Waals surface area contributed by atoms with Crippen LogP contribution in [0.3, 0.4) is 0 Å². The number of fused-ring (bicyclic) bond motifs is 2. The van der Waals surface area contributed by atoms with Crippen LogP contribution in [0.25, 0.3) is 11.1 Å². The predicted molar refractivity (Wildman–Crippen MR) is 111 cm³/mol. The van der Waals surface area contributed by atoms with Crippen LogP contribution in [0.5, 0.6) is 0 Å². The number of hydrogen-bond donors (Lipinski definition) is 0. The molecule has 1 radical (unpaired) electrons. The van der Waals surface area contributed by atoms with Gasteiger partial charge in [-0.15, -0.1) is 5.69 Å². The second kappa shape index (κ2) is 9.83. The van der Waals surface area contributed by atoms with Crippen molar-refractivity contribution >= 4 is 28.1 Å². The molecule has 1 aromatic carbocycles. The molecule has 4 unspecified atom stereocenters. The smallest absolute Gasteiger partial charge is 0.103 e. The first-order valence-electron chi connectivity index (χ1n) is 9.52. The summed E-state index contributed by atoms with van der Waals surface area (Å²) in [6, 6.07) is 6.10. The van der Waals surface area contributed by atoms with Crippen LogP contribution in [-0.4, -0.2) is 61.0 Å². The van der Waals surface area contributed by atoms with Crippen molar-refractivity contribution in [3.8, 4) is 5.69 Å². The third-order valence-corrected chi connectivity index (χ3v) is 6.58. The number of hydrogen-bond acceptors (Lipinski definition) is 5. The number of aromatic nitrogens is 3. The zero-order valence-corrected chi connectivity index (χ0v) is 21.1. The molecule has 1 saturated carbocycles. The summed E-state index contributed by atoms with van der Waals surface area (Å²) in [5.41, 5.74) is 6.42. The quantitative estimate of drug-likeness (QED) is 0.507. The molecule has 1 aliphatic carbocycles. The van der Waals surface area contributed by atoms with E-state index >= 15 is 0 Å². The minimum Gasteiger partial charge on any atom is -0.619 e. The first kappa shape index (κ1) is 23.3. The van der Waals surface area contributed by atoms with Gasteiger partial charge in [0.1, 0.15) is 5.69 Å². The molecule has 1 aromatic heterocycles. The van der Waals surface area contributed by atoms with Gasteiger partial charge in [0.05, 0.1) is 30.6 Å². The molecule has 29 heavy (non-hydrogen) atoms. The van der Waals surface area contributed by atoms with E-state index in [1.165, 1.54) is 4.80 Å². The molecule has 7 nitrogen and oxygen atoms in total. The Morgan fingerprint density at radius 2 is 2.10 bits per heavy atom. The molecule has 0 N–H and O–H groups in total. The van der Waals surface area contributed by atoms with Gasteiger partial charge in [-0.3, -0.25) is 4.21 Å². The second-order valence-corrected chi connectivity index (χ2v) is 9.82. The average molecular weight is 512 g/mol. The zero-order valence-electron chi connectivity index (χ0n) is 16.7. The van der Waals surface area contributed by atoms with E-state index in [2.05, 4.69) is 22.1 Å². The van der Waals surface area contributed by atoms with Gasteiger partial charge in [-0.2, -0.15) is 15.0 Å². The van der Waals surface area contributed by atoms with Gasteiger partial charge >= 0.3 is 0 Å². The van der Waals surface area contributed by atoms with Crippen LogP contribution < -0.4 is 0 Å². The average Bonchev–Trinajstić information content (AvgIpc) is 3.18. The molecule has 3 fully saturated rings. The molecule has 2 aromatic rings. The second-order valence-electron chi connectivity index (χ2n) is 7.86. The van der Waals surface area contributed by atoms with Crippen LogP contribution in [-0.2, 0) is 48.2 Å². The topological polar surface area (TPSA) is 74.3 Å². The summed E-state index contributed by atoms with van der Waals surface area (Å²) in [5.74, 6) is 1.23. The number of benzene rings is 1. The molecule has 3 heterocycles. The van der Waals surface area contributed by atoms with Gasteiger partial charge < -0.3 is 15.2 Å². The fourth-order valence-electron chi connectivity index (χ4n) is 4.44. The van der Waals surface area contributed by atoms with Crippen molar-refractivity contribution in [1.82, 2.24) is 20.0 Å². The summed E-state index contributed by atoms with van der Waals surface area (Å²) in [7, 11) is -0.828. The van der Waals surface area contributed by atoms with E-state index < -0.39 is 10.8 Å². The van der Waals surface area contributed by atoms with Crippen LogP contribution in [0.2, 0.25) is 5.02 Å². The summed E-state index contributed by atoms with van der Waals surface area (Å²) in [6.45, 7) is 3.44. The molecule has 0 amide bonds. The normalized spacial score (nSPS) is 27.0. The summed E-state index contributed by atoms with van der Waals surface area (Å²) in [6.07, 6.45) is 8.25. The standard InChI is InChI=1S/C19H25ClN5O2S.Y/c1-14-9-16-12-19(11-14,13-27-7-8-28(2)26)24(16)23-15-3-4-17(20)18(10-15)25-21-5-6-22-25;/h3-6,10,14,16H,7-9,11-13H2,1-2H3;/q-1;. The van der Waals surface area contributed by atoms with E-state index in [-0.39, 0.29) is 38.2 Å². The van der Waals surface area contributed by atoms with E-state index in [4.69, 9.17) is 21.8 Å². The molecular weight excluding hydrogens is 487 g/mol. The SMILES string of the molecule is CC1CC2CC(COCCS(C)=O)(C1)N2[N-]c1ccc(Cl)c(-n2nccn2)c1.[Y]. The van der Waals surface area contributed by atoms with Crippen molar-refractivity contribution in [2.24, 2.45) is 5.92 Å². The number of piperidine rings is 1. The number of halogens is 1. The van der Waals surface area contributed by atoms with Crippen LogP contribution >= 0.6 is 11.6 Å². The van der Waals surface area contributed by atoms with Gasteiger partial charge in [0.2, 0.25) is 0 Å². The molecule has 155 valence electrons. The number of nitrogens with zero attached hydrogens (tertiary/aromatic N) is 5. The minimum absolute atomic E-state index is 0. The maximum Gasteiger partial charge on any atom is 0.103 e. The van der Waals surface area contributed by atoms with E-state index in [1.54, 1.807) is 18.6 Å². The molecule has 2 aliphatic heterocycles. The van der Waals surface area contributed by atoms with E-state index in [1.807, 2.05) is 18.2 Å². The summed E-state index contributed by atoms with van der Waals surface area (Å²) < 4.78 is 17.2. The van der Waals surface area contributed by atoms with E-state index in [0.717, 1.165) is 24.9 Å². The van der Waals surface area contributed by atoms with Crippen LogP contribution in [0.15, 0.2) is 30.6 Å². The Kier molecular flexibility index (Phi) is 7.90.